The van der Waals surface area contributed by atoms with Crippen LogP contribution >= 0.6 is 0 Å². The highest BCUT2D eigenvalue weighted by Gasteiger charge is 2.20. The van der Waals surface area contributed by atoms with Gasteiger partial charge in [0.25, 0.3) is 0 Å². The highest BCUT2D eigenvalue weighted by molar-refractivity contribution is 5.78. The topological polar surface area (TPSA) is 64.3 Å². The molecule has 0 saturated heterocycles. The Morgan fingerprint density at radius 2 is 2.06 bits per heavy atom. The number of ether oxygens (including phenoxy) is 1. The molecule has 4 heteroatoms. The zero-order valence-corrected chi connectivity index (χ0v) is 11.3. The smallest absolute Gasteiger partial charge is 0.234 e. The lowest BCUT2D eigenvalue weighted by Gasteiger charge is -2.26. The Hall–Kier alpha value is -1.55. The third kappa shape index (κ3) is 4.37. The Morgan fingerprint density at radius 3 is 2.67 bits per heavy atom. The number of para-hydroxylation sites is 1. The van der Waals surface area contributed by atoms with Crippen molar-refractivity contribution in [3.8, 4) is 5.75 Å². The number of hydrogen-bond acceptors (Lipinski definition) is 3. The van der Waals surface area contributed by atoms with Crippen LogP contribution in [0.2, 0.25) is 0 Å². The monoisotopic (exact) mass is 250 g/mol. The fraction of sp³-hybridized carbons (Fsp3) is 0.500. The van der Waals surface area contributed by atoms with Crippen molar-refractivity contribution in [1.29, 1.82) is 0 Å². The minimum absolute atomic E-state index is 0.0259. The average molecular weight is 250 g/mol. The van der Waals surface area contributed by atoms with Crippen LogP contribution in [-0.2, 0) is 11.2 Å². The predicted molar refractivity (Wildman–Crippen MR) is 72.6 cm³/mol. The van der Waals surface area contributed by atoms with Gasteiger partial charge in [0.15, 0.2) is 0 Å². The fourth-order valence-electron chi connectivity index (χ4n) is 1.85. The van der Waals surface area contributed by atoms with Crippen molar-refractivity contribution < 1.29 is 9.53 Å². The van der Waals surface area contributed by atoms with Gasteiger partial charge in [0, 0.05) is 5.54 Å². The third-order valence-electron chi connectivity index (χ3n) is 2.88. The van der Waals surface area contributed by atoms with Gasteiger partial charge < -0.3 is 15.8 Å². The number of carbonyl (C=O) groups is 1. The van der Waals surface area contributed by atoms with Gasteiger partial charge in [-0.25, -0.2) is 0 Å². The molecule has 18 heavy (non-hydrogen) atoms. The SMILES string of the molecule is COc1ccccc1CCC(C)(C)NC(=O)CN. The molecular weight excluding hydrogens is 228 g/mol. The van der Waals surface area contributed by atoms with Gasteiger partial charge in [0.2, 0.25) is 5.91 Å². The highest BCUT2D eigenvalue weighted by atomic mass is 16.5. The van der Waals surface area contributed by atoms with E-state index in [1.54, 1.807) is 7.11 Å². The van der Waals surface area contributed by atoms with Gasteiger partial charge in [-0.2, -0.15) is 0 Å². The summed E-state index contributed by atoms with van der Waals surface area (Å²) in [5.74, 6) is 0.762. The van der Waals surface area contributed by atoms with E-state index in [1.807, 2.05) is 38.1 Å². The first-order valence-electron chi connectivity index (χ1n) is 6.11. The van der Waals surface area contributed by atoms with Crippen LogP contribution in [0.15, 0.2) is 24.3 Å². The highest BCUT2D eigenvalue weighted by Crippen LogP contribution is 2.21. The van der Waals surface area contributed by atoms with E-state index >= 15 is 0 Å². The molecule has 0 fully saturated rings. The molecule has 1 aromatic carbocycles. The summed E-state index contributed by atoms with van der Waals surface area (Å²) in [4.78, 5) is 11.3. The van der Waals surface area contributed by atoms with Crippen molar-refractivity contribution in [3.05, 3.63) is 29.8 Å². The van der Waals surface area contributed by atoms with Crippen LogP contribution in [0, 0.1) is 0 Å². The Kier molecular flexibility index (Phi) is 5.16. The van der Waals surface area contributed by atoms with Crippen molar-refractivity contribution in [2.24, 2.45) is 5.73 Å². The van der Waals surface area contributed by atoms with E-state index in [1.165, 1.54) is 0 Å². The van der Waals surface area contributed by atoms with Crippen molar-refractivity contribution in [2.75, 3.05) is 13.7 Å². The number of benzene rings is 1. The number of hydrogen-bond donors (Lipinski definition) is 2. The zero-order chi connectivity index (χ0) is 13.6. The summed E-state index contributed by atoms with van der Waals surface area (Å²) in [5.41, 5.74) is 6.18. The quantitative estimate of drug-likeness (QED) is 0.804. The van der Waals surface area contributed by atoms with E-state index in [-0.39, 0.29) is 18.0 Å². The Bertz CT molecular complexity index is 403. The lowest BCUT2D eigenvalue weighted by atomic mass is 9.95. The number of aryl methyl sites for hydroxylation is 1. The normalized spacial score (nSPS) is 11.1. The summed E-state index contributed by atoms with van der Waals surface area (Å²) in [5, 5.41) is 2.91. The first-order chi connectivity index (χ1) is 8.48. The molecule has 0 unspecified atom stereocenters. The fourth-order valence-corrected chi connectivity index (χ4v) is 1.85. The standard InChI is InChI=1S/C14H22N2O2/c1-14(2,16-13(17)10-15)9-8-11-6-4-5-7-12(11)18-3/h4-7H,8-10,15H2,1-3H3,(H,16,17). The second-order valence-corrected chi connectivity index (χ2v) is 4.95. The second kappa shape index (κ2) is 6.40. The van der Waals surface area contributed by atoms with Crippen LogP contribution < -0.4 is 15.8 Å². The summed E-state index contributed by atoms with van der Waals surface area (Å²) in [6, 6.07) is 7.92. The molecule has 0 bridgehead atoms. The number of carbonyl (C=O) groups excluding carboxylic acids is 1. The van der Waals surface area contributed by atoms with Gasteiger partial charge in [-0.05, 0) is 38.3 Å². The molecule has 0 aliphatic rings. The van der Waals surface area contributed by atoms with Crippen LogP contribution in [-0.4, -0.2) is 25.1 Å². The molecule has 100 valence electrons. The van der Waals surface area contributed by atoms with Gasteiger partial charge >= 0.3 is 0 Å². The molecule has 0 heterocycles. The molecule has 3 N–H and O–H groups in total. The maximum absolute atomic E-state index is 11.3. The molecule has 4 nitrogen and oxygen atoms in total. The molecule has 1 aromatic rings. The van der Waals surface area contributed by atoms with E-state index in [9.17, 15) is 4.79 Å². The summed E-state index contributed by atoms with van der Waals surface area (Å²) in [7, 11) is 1.67. The molecule has 0 atom stereocenters. The van der Waals surface area contributed by atoms with E-state index in [0.29, 0.717) is 0 Å². The number of methoxy groups -OCH3 is 1. The zero-order valence-electron chi connectivity index (χ0n) is 11.3. The summed E-state index contributed by atoms with van der Waals surface area (Å²) in [6.07, 6.45) is 1.68. The maximum Gasteiger partial charge on any atom is 0.234 e. The molecule has 0 radical (unpaired) electrons. The van der Waals surface area contributed by atoms with E-state index in [2.05, 4.69) is 5.32 Å². The molecule has 0 aromatic heterocycles. The molecule has 0 spiro atoms. The Balaban J connectivity index is 2.61. The number of rotatable bonds is 6. The lowest BCUT2D eigenvalue weighted by molar-refractivity contribution is -0.121. The Morgan fingerprint density at radius 1 is 1.39 bits per heavy atom. The van der Waals surface area contributed by atoms with Crippen LogP contribution in [0.25, 0.3) is 0 Å². The van der Waals surface area contributed by atoms with Crippen molar-refractivity contribution >= 4 is 5.91 Å². The number of amides is 1. The van der Waals surface area contributed by atoms with Gasteiger partial charge in [0.05, 0.1) is 13.7 Å². The van der Waals surface area contributed by atoms with E-state index in [0.717, 1.165) is 24.2 Å². The van der Waals surface area contributed by atoms with E-state index < -0.39 is 0 Å². The van der Waals surface area contributed by atoms with E-state index in [4.69, 9.17) is 10.5 Å². The molecule has 0 saturated carbocycles. The van der Waals surface area contributed by atoms with Crippen molar-refractivity contribution in [3.63, 3.8) is 0 Å². The van der Waals surface area contributed by atoms with Crippen molar-refractivity contribution in [2.45, 2.75) is 32.2 Å². The van der Waals surface area contributed by atoms with Gasteiger partial charge in [-0.15, -0.1) is 0 Å². The van der Waals surface area contributed by atoms with Crippen LogP contribution in [0.3, 0.4) is 0 Å². The first kappa shape index (κ1) is 14.5. The Labute approximate surface area is 109 Å². The maximum atomic E-state index is 11.3. The van der Waals surface area contributed by atoms with Crippen molar-refractivity contribution in [1.82, 2.24) is 5.32 Å². The minimum atomic E-state index is -0.267. The molecule has 0 aliphatic heterocycles. The van der Waals surface area contributed by atoms with Crippen LogP contribution in [0.5, 0.6) is 5.75 Å². The molecule has 1 amide bonds. The largest absolute Gasteiger partial charge is 0.496 e. The van der Waals surface area contributed by atoms with Gasteiger partial charge in [-0.1, -0.05) is 18.2 Å². The summed E-state index contributed by atoms with van der Waals surface area (Å²) >= 11 is 0. The minimum Gasteiger partial charge on any atom is -0.496 e. The number of nitrogens with two attached hydrogens (primary N) is 1. The third-order valence-corrected chi connectivity index (χ3v) is 2.88. The average Bonchev–Trinajstić information content (AvgIpc) is 2.36. The summed E-state index contributed by atoms with van der Waals surface area (Å²) in [6.45, 7) is 4.02. The van der Waals surface area contributed by atoms with Crippen LogP contribution in [0.1, 0.15) is 25.8 Å². The molecule has 0 aliphatic carbocycles. The number of nitrogens with one attached hydrogen (secondary N) is 1. The molecule has 1 rings (SSSR count). The predicted octanol–water partition coefficient (Wildman–Crippen LogP) is 1.48. The second-order valence-electron chi connectivity index (χ2n) is 4.95. The van der Waals surface area contributed by atoms with Crippen LogP contribution in [0.4, 0.5) is 0 Å². The van der Waals surface area contributed by atoms with Gasteiger partial charge in [0.1, 0.15) is 5.75 Å². The molecular formula is C14H22N2O2. The lowest BCUT2D eigenvalue weighted by Crippen LogP contribution is -2.46. The first-order valence-corrected chi connectivity index (χ1v) is 6.11. The van der Waals surface area contributed by atoms with Gasteiger partial charge in [-0.3, -0.25) is 4.79 Å². The summed E-state index contributed by atoms with van der Waals surface area (Å²) < 4.78 is 5.31.